The van der Waals surface area contributed by atoms with Gasteiger partial charge in [0, 0.05) is 6.54 Å². The number of hydrogen-bond acceptors (Lipinski definition) is 4. The van der Waals surface area contributed by atoms with Gasteiger partial charge in [0.2, 0.25) is 0 Å². The molecule has 154 valence electrons. The van der Waals surface area contributed by atoms with Crippen molar-refractivity contribution in [2.75, 3.05) is 12.3 Å². The predicted molar refractivity (Wildman–Crippen MR) is 113 cm³/mol. The zero-order valence-electron chi connectivity index (χ0n) is 17.7. The zero-order chi connectivity index (χ0) is 20.2. The molecule has 0 amide bonds. The molecule has 29 heavy (non-hydrogen) atoms. The molecule has 4 bridgehead atoms. The van der Waals surface area contributed by atoms with Gasteiger partial charge in [-0.1, -0.05) is 29.6 Å². The Balaban J connectivity index is 0.00000240. The number of amidine groups is 1. The van der Waals surface area contributed by atoms with Gasteiger partial charge in [-0.15, -0.1) is 0 Å². The van der Waals surface area contributed by atoms with Gasteiger partial charge in [0.05, 0.1) is 5.75 Å². The van der Waals surface area contributed by atoms with E-state index in [1.165, 1.54) is 48.8 Å². The van der Waals surface area contributed by atoms with Crippen molar-refractivity contribution in [1.82, 2.24) is 0 Å². The second-order valence-corrected chi connectivity index (χ2v) is 13.2. The van der Waals surface area contributed by atoms with Crippen LogP contribution in [-0.4, -0.2) is 23.0 Å². The summed E-state index contributed by atoms with van der Waals surface area (Å²) in [4.78, 5) is 24.4. The van der Waals surface area contributed by atoms with Crippen molar-refractivity contribution < 1.29 is 43.9 Å². The first kappa shape index (κ1) is 23.8. The molecule has 0 radical (unpaired) electrons. The van der Waals surface area contributed by atoms with Gasteiger partial charge in [-0.2, -0.15) is 0 Å². The van der Waals surface area contributed by atoms with Gasteiger partial charge in [0.1, 0.15) is 5.84 Å². The van der Waals surface area contributed by atoms with Crippen molar-refractivity contribution >= 4 is 24.0 Å². The molecule has 4 saturated carbocycles. The summed E-state index contributed by atoms with van der Waals surface area (Å²) >= 11 is 0.457. The van der Waals surface area contributed by atoms with E-state index in [2.05, 4.69) is 37.0 Å². The Morgan fingerprint density at radius 1 is 1.28 bits per heavy atom. The Morgan fingerprint density at radius 2 is 1.93 bits per heavy atom. The number of aliphatic imine (C=N–C) groups is 1. The minimum Gasteiger partial charge on any atom is -0.770 e. The Hall–Kier alpha value is 0.190. The minimum atomic E-state index is -4.35. The van der Waals surface area contributed by atoms with Gasteiger partial charge in [0.15, 0.2) is 6.80 Å². The normalized spacial score (nSPS) is 35.2. The Kier molecular flexibility index (Phi) is 7.08. The van der Waals surface area contributed by atoms with E-state index in [-0.39, 0.29) is 46.1 Å². The third kappa shape index (κ3) is 5.16. The average molecular weight is 445 g/mol. The molecule has 1 aromatic rings. The molecule has 4 fully saturated rings. The first-order valence-corrected chi connectivity index (χ1v) is 13.3. The molecular weight excluding hydrogens is 414 g/mol. The number of nitrogens with zero attached hydrogens (tertiary/aromatic N) is 1. The summed E-state index contributed by atoms with van der Waals surface area (Å²) in [6.45, 7) is 0.691. The van der Waals surface area contributed by atoms with Crippen molar-refractivity contribution in [2.24, 2.45) is 28.0 Å². The van der Waals surface area contributed by atoms with Crippen LogP contribution >= 0.6 is 18.2 Å². The van der Waals surface area contributed by atoms with Gasteiger partial charge in [0.25, 0.3) is 0 Å². The van der Waals surface area contributed by atoms with Crippen molar-refractivity contribution in [3.63, 3.8) is 0 Å². The van der Waals surface area contributed by atoms with Crippen LogP contribution in [0, 0.1) is 31.1 Å². The predicted octanol–water partition coefficient (Wildman–Crippen LogP) is 0.697. The van der Waals surface area contributed by atoms with E-state index in [9.17, 15) is 9.46 Å². The summed E-state index contributed by atoms with van der Waals surface area (Å²) in [5.41, 5.74) is 10.6. The van der Waals surface area contributed by atoms with Crippen LogP contribution in [-0.2, 0) is 9.98 Å². The van der Waals surface area contributed by atoms with Crippen molar-refractivity contribution in [3.05, 3.63) is 34.9 Å². The molecule has 3 unspecified atom stereocenters. The summed E-state index contributed by atoms with van der Waals surface area (Å²) in [6.07, 6.45) is 7.48. The van der Waals surface area contributed by atoms with Crippen molar-refractivity contribution in [2.45, 2.75) is 57.8 Å². The van der Waals surface area contributed by atoms with E-state index in [4.69, 9.17) is 10.6 Å². The number of nitrogens with two attached hydrogens (primary N) is 1. The SMILES string of the molecule is Cc1ccc(C23CC4CC(CC(CN=C(N)CSP(=O)([O-])O)(C4)C2)C3)cc1C.[Na+]. The van der Waals surface area contributed by atoms with E-state index >= 15 is 0 Å². The van der Waals surface area contributed by atoms with E-state index in [1.807, 2.05) is 0 Å². The molecule has 0 saturated heterocycles. The maximum absolute atomic E-state index is 10.9. The van der Waals surface area contributed by atoms with E-state index < -0.39 is 6.80 Å². The fourth-order valence-electron chi connectivity index (χ4n) is 6.51. The molecule has 0 aliphatic heterocycles. The molecule has 8 heteroatoms. The molecule has 4 aliphatic rings. The number of hydrogen-bond donors (Lipinski definition) is 2. The van der Waals surface area contributed by atoms with Crippen molar-refractivity contribution in [3.8, 4) is 0 Å². The fraction of sp³-hybridized carbons (Fsp3) is 0.667. The monoisotopic (exact) mass is 444 g/mol. The van der Waals surface area contributed by atoms with Crippen LogP contribution in [0.15, 0.2) is 23.2 Å². The van der Waals surface area contributed by atoms with E-state index in [1.54, 1.807) is 0 Å². The number of rotatable bonds is 6. The molecule has 3 N–H and O–H groups in total. The first-order valence-electron chi connectivity index (χ1n) is 10.1. The summed E-state index contributed by atoms with van der Waals surface area (Å²) < 4.78 is 10.9. The first-order chi connectivity index (χ1) is 13.1. The second kappa shape index (κ2) is 8.61. The molecule has 0 spiro atoms. The molecule has 3 atom stereocenters. The Morgan fingerprint density at radius 3 is 2.52 bits per heavy atom. The quantitative estimate of drug-likeness (QED) is 0.291. The van der Waals surface area contributed by atoms with Crippen LogP contribution in [0.2, 0.25) is 0 Å². The molecule has 5 rings (SSSR count). The standard InChI is InChI=1S/C21H31N2O3PS.Na/c1-14-3-4-18(5-15(14)2)21-9-16-6-17(10-21)8-20(7-16,12-21)13-23-19(22)11-28-27(24,25)26;/h3-5,16-17H,6-13H2,1-2H3,(H2,22,23)(H2,24,25,26);/q;+1/p-1. The summed E-state index contributed by atoms with van der Waals surface area (Å²) in [5, 5.41) is 0. The average Bonchev–Trinajstić information content (AvgIpc) is 2.59. The largest absolute Gasteiger partial charge is 1.00 e. The molecule has 5 nitrogen and oxygen atoms in total. The topological polar surface area (TPSA) is 98.7 Å². The van der Waals surface area contributed by atoms with Crippen LogP contribution in [0.3, 0.4) is 0 Å². The van der Waals surface area contributed by atoms with Gasteiger partial charge in [-0.3, -0.25) is 9.56 Å². The summed E-state index contributed by atoms with van der Waals surface area (Å²) in [6, 6.07) is 7.00. The summed E-state index contributed by atoms with van der Waals surface area (Å²) in [5.74, 6) is 1.86. The molecule has 0 heterocycles. The van der Waals surface area contributed by atoms with Gasteiger partial charge < -0.3 is 15.5 Å². The smallest absolute Gasteiger partial charge is 0.770 e. The third-order valence-corrected chi connectivity index (χ3v) is 9.41. The molecular formula is C21H30N2NaO3PS. The van der Waals surface area contributed by atoms with Crippen LogP contribution < -0.4 is 40.2 Å². The third-order valence-electron chi connectivity index (χ3n) is 7.29. The van der Waals surface area contributed by atoms with Crippen LogP contribution in [0.5, 0.6) is 0 Å². The van der Waals surface area contributed by atoms with Gasteiger partial charge >= 0.3 is 29.6 Å². The van der Waals surface area contributed by atoms with Gasteiger partial charge in [-0.05, 0) is 91.7 Å². The van der Waals surface area contributed by atoms with Crippen molar-refractivity contribution in [1.29, 1.82) is 0 Å². The van der Waals surface area contributed by atoms with E-state index in [0.29, 0.717) is 23.8 Å². The molecule has 4 aliphatic carbocycles. The Labute approximate surface area is 199 Å². The van der Waals surface area contributed by atoms with Crippen LogP contribution in [0.4, 0.5) is 0 Å². The number of benzene rings is 1. The minimum absolute atomic E-state index is 0. The second-order valence-electron chi connectivity index (χ2n) is 9.59. The maximum atomic E-state index is 10.9. The van der Waals surface area contributed by atoms with Gasteiger partial charge in [-0.25, -0.2) is 0 Å². The van der Waals surface area contributed by atoms with Crippen LogP contribution in [0.1, 0.15) is 55.2 Å². The molecule has 1 aromatic carbocycles. The fourth-order valence-corrected chi connectivity index (χ4v) is 7.78. The van der Waals surface area contributed by atoms with E-state index in [0.717, 1.165) is 18.3 Å². The zero-order valence-corrected chi connectivity index (χ0v) is 21.4. The summed E-state index contributed by atoms with van der Waals surface area (Å²) in [7, 11) is 0. The van der Waals surface area contributed by atoms with Crippen LogP contribution in [0.25, 0.3) is 0 Å². The molecule has 0 aromatic heterocycles. The maximum Gasteiger partial charge on any atom is 1.00 e. The Bertz CT molecular complexity index is 842. The number of aryl methyl sites for hydroxylation is 2.